The minimum atomic E-state index is -0.431. The predicted molar refractivity (Wildman–Crippen MR) is 80.6 cm³/mol. The van der Waals surface area contributed by atoms with Crippen LogP contribution in [-0.2, 0) is 11.3 Å². The molecule has 0 fully saturated rings. The summed E-state index contributed by atoms with van der Waals surface area (Å²) in [5.74, 6) is 0.731. The molecule has 0 unspecified atom stereocenters. The van der Waals surface area contributed by atoms with Gasteiger partial charge in [-0.3, -0.25) is 4.79 Å². The molecule has 0 saturated carbocycles. The molecule has 0 heterocycles. The fourth-order valence-electron chi connectivity index (χ4n) is 2.02. The first kappa shape index (κ1) is 14.3. The summed E-state index contributed by atoms with van der Waals surface area (Å²) >= 11 is 0. The Balaban J connectivity index is 2.10. The smallest absolute Gasteiger partial charge is 0.237 e. The van der Waals surface area contributed by atoms with Gasteiger partial charge >= 0.3 is 0 Å². The molecule has 4 nitrogen and oxygen atoms in total. The van der Waals surface area contributed by atoms with Gasteiger partial charge in [-0.1, -0.05) is 25.1 Å². The van der Waals surface area contributed by atoms with Crippen molar-refractivity contribution in [3.05, 3.63) is 42.0 Å². The van der Waals surface area contributed by atoms with Crippen LogP contribution in [0.2, 0.25) is 0 Å². The van der Waals surface area contributed by atoms with Crippen LogP contribution in [0, 0.1) is 0 Å². The number of amides is 1. The molecular formula is C16H20N2O2. The Labute approximate surface area is 118 Å². The van der Waals surface area contributed by atoms with E-state index in [1.165, 1.54) is 0 Å². The number of fused-ring (bicyclic) bond motifs is 1. The summed E-state index contributed by atoms with van der Waals surface area (Å²) in [6.45, 7) is 2.39. The summed E-state index contributed by atoms with van der Waals surface area (Å²) in [4.78, 5) is 11.6. The third kappa shape index (κ3) is 3.27. The highest BCUT2D eigenvalue weighted by Gasteiger charge is 2.09. The highest BCUT2D eigenvalue weighted by atomic mass is 16.5. The zero-order chi connectivity index (χ0) is 14.5. The van der Waals surface area contributed by atoms with Gasteiger partial charge in [0, 0.05) is 6.54 Å². The van der Waals surface area contributed by atoms with Crippen LogP contribution in [0.5, 0.6) is 5.75 Å². The Morgan fingerprint density at radius 1 is 1.25 bits per heavy atom. The predicted octanol–water partition coefficient (Wildman–Crippen LogP) is 2.20. The highest BCUT2D eigenvalue weighted by molar-refractivity contribution is 5.85. The van der Waals surface area contributed by atoms with Gasteiger partial charge in [-0.05, 0) is 41.0 Å². The molecule has 0 saturated heterocycles. The van der Waals surface area contributed by atoms with Crippen molar-refractivity contribution in [1.29, 1.82) is 0 Å². The number of ether oxygens (including phenoxy) is 1. The van der Waals surface area contributed by atoms with E-state index < -0.39 is 6.04 Å². The Hall–Kier alpha value is -2.07. The minimum Gasteiger partial charge on any atom is -0.497 e. The molecule has 1 atom stereocenters. The standard InChI is InChI=1S/C16H20N2O2/c1-3-15(17)16(19)18-10-11-4-5-13-9-14(20-2)7-6-12(13)8-11/h4-9,15H,3,10,17H2,1-2H3,(H,18,19)/t15-/m0/s1. The normalized spacial score (nSPS) is 12.2. The number of nitrogens with two attached hydrogens (primary N) is 1. The van der Waals surface area contributed by atoms with Crippen LogP contribution in [0.4, 0.5) is 0 Å². The molecule has 2 aromatic carbocycles. The van der Waals surface area contributed by atoms with Crippen molar-refractivity contribution < 1.29 is 9.53 Å². The maximum absolute atomic E-state index is 11.6. The molecule has 0 aliphatic heterocycles. The topological polar surface area (TPSA) is 64.4 Å². The summed E-state index contributed by atoms with van der Waals surface area (Å²) in [5, 5.41) is 5.09. The van der Waals surface area contributed by atoms with Gasteiger partial charge < -0.3 is 15.8 Å². The monoisotopic (exact) mass is 272 g/mol. The zero-order valence-corrected chi connectivity index (χ0v) is 11.8. The molecule has 0 aliphatic rings. The molecule has 2 rings (SSSR count). The molecule has 0 aliphatic carbocycles. The van der Waals surface area contributed by atoms with E-state index in [0.29, 0.717) is 13.0 Å². The van der Waals surface area contributed by atoms with E-state index in [9.17, 15) is 4.79 Å². The van der Waals surface area contributed by atoms with E-state index in [0.717, 1.165) is 22.1 Å². The fourth-order valence-corrected chi connectivity index (χ4v) is 2.02. The van der Waals surface area contributed by atoms with Crippen LogP contribution >= 0.6 is 0 Å². The van der Waals surface area contributed by atoms with Crippen molar-refractivity contribution in [1.82, 2.24) is 5.32 Å². The molecule has 0 aromatic heterocycles. The van der Waals surface area contributed by atoms with Gasteiger partial charge in [0.1, 0.15) is 5.75 Å². The molecule has 3 N–H and O–H groups in total. The summed E-state index contributed by atoms with van der Waals surface area (Å²) < 4.78 is 5.20. The molecular weight excluding hydrogens is 252 g/mol. The molecule has 0 bridgehead atoms. The lowest BCUT2D eigenvalue weighted by molar-refractivity contribution is -0.122. The van der Waals surface area contributed by atoms with Crippen molar-refractivity contribution in [2.24, 2.45) is 5.73 Å². The van der Waals surface area contributed by atoms with E-state index >= 15 is 0 Å². The van der Waals surface area contributed by atoms with Gasteiger partial charge in [0.05, 0.1) is 13.2 Å². The molecule has 106 valence electrons. The average Bonchev–Trinajstić information content (AvgIpc) is 2.50. The largest absolute Gasteiger partial charge is 0.497 e. The molecule has 0 spiro atoms. The number of methoxy groups -OCH3 is 1. The Bertz CT molecular complexity index is 610. The van der Waals surface area contributed by atoms with Crippen LogP contribution in [0.25, 0.3) is 10.8 Å². The molecule has 20 heavy (non-hydrogen) atoms. The minimum absolute atomic E-state index is 0.109. The SMILES string of the molecule is CC[C@H](N)C(=O)NCc1ccc2cc(OC)ccc2c1. The summed E-state index contributed by atoms with van der Waals surface area (Å²) in [6.07, 6.45) is 0.642. The lowest BCUT2D eigenvalue weighted by Gasteiger charge is -2.10. The lowest BCUT2D eigenvalue weighted by Crippen LogP contribution is -2.39. The number of hydrogen-bond donors (Lipinski definition) is 2. The lowest BCUT2D eigenvalue weighted by atomic mass is 10.1. The zero-order valence-electron chi connectivity index (χ0n) is 11.8. The second kappa shape index (κ2) is 6.39. The Morgan fingerprint density at radius 3 is 2.65 bits per heavy atom. The summed E-state index contributed by atoms with van der Waals surface area (Å²) in [5.41, 5.74) is 6.73. The summed E-state index contributed by atoms with van der Waals surface area (Å²) in [6, 6.07) is 11.6. The van der Waals surface area contributed by atoms with E-state index in [1.807, 2.05) is 37.3 Å². The van der Waals surface area contributed by atoms with E-state index in [4.69, 9.17) is 10.5 Å². The maximum atomic E-state index is 11.6. The van der Waals surface area contributed by atoms with Gasteiger partial charge in [0.25, 0.3) is 0 Å². The second-order valence-corrected chi connectivity index (χ2v) is 4.78. The van der Waals surface area contributed by atoms with Crippen LogP contribution < -0.4 is 15.8 Å². The number of carbonyl (C=O) groups is 1. The molecule has 0 radical (unpaired) electrons. The second-order valence-electron chi connectivity index (χ2n) is 4.78. The van der Waals surface area contributed by atoms with Gasteiger partial charge in [0.2, 0.25) is 5.91 Å². The first-order chi connectivity index (χ1) is 9.63. The Kier molecular flexibility index (Phi) is 4.58. The third-order valence-corrected chi connectivity index (χ3v) is 3.36. The van der Waals surface area contributed by atoms with Crippen LogP contribution in [0.1, 0.15) is 18.9 Å². The van der Waals surface area contributed by atoms with Gasteiger partial charge in [-0.15, -0.1) is 0 Å². The van der Waals surface area contributed by atoms with Gasteiger partial charge in [-0.2, -0.15) is 0 Å². The first-order valence-electron chi connectivity index (χ1n) is 6.74. The van der Waals surface area contributed by atoms with Crippen LogP contribution in [-0.4, -0.2) is 19.1 Å². The van der Waals surface area contributed by atoms with E-state index in [1.54, 1.807) is 7.11 Å². The number of benzene rings is 2. The van der Waals surface area contributed by atoms with Crippen molar-refractivity contribution in [3.8, 4) is 5.75 Å². The number of carbonyl (C=O) groups excluding carboxylic acids is 1. The third-order valence-electron chi connectivity index (χ3n) is 3.36. The van der Waals surface area contributed by atoms with E-state index in [2.05, 4.69) is 11.4 Å². The van der Waals surface area contributed by atoms with Crippen molar-refractivity contribution in [2.75, 3.05) is 7.11 Å². The van der Waals surface area contributed by atoms with Crippen LogP contribution in [0.15, 0.2) is 36.4 Å². The number of rotatable bonds is 5. The molecule has 2 aromatic rings. The van der Waals surface area contributed by atoms with Gasteiger partial charge in [-0.25, -0.2) is 0 Å². The molecule has 1 amide bonds. The quantitative estimate of drug-likeness (QED) is 0.877. The molecule has 4 heteroatoms. The van der Waals surface area contributed by atoms with Crippen molar-refractivity contribution >= 4 is 16.7 Å². The van der Waals surface area contributed by atoms with E-state index in [-0.39, 0.29) is 5.91 Å². The summed E-state index contributed by atoms with van der Waals surface area (Å²) in [7, 11) is 1.65. The number of nitrogens with one attached hydrogen (secondary N) is 1. The average molecular weight is 272 g/mol. The van der Waals surface area contributed by atoms with Crippen LogP contribution in [0.3, 0.4) is 0 Å². The first-order valence-corrected chi connectivity index (χ1v) is 6.74. The Morgan fingerprint density at radius 2 is 1.95 bits per heavy atom. The van der Waals surface area contributed by atoms with Crippen molar-refractivity contribution in [3.63, 3.8) is 0 Å². The number of hydrogen-bond acceptors (Lipinski definition) is 3. The maximum Gasteiger partial charge on any atom is 0.237 e. The fraction of sp³-hybridized carbons (Fsp3) is 0.312. The van der Waals surface area contributed by atoms with Crippen molar-refractivity contribution in [2.45, 2.75) is 25.9 Å². The highest BCUT2D eigenvalue weighted by Crippen LogP contribution is 2.21. The van der Waals surface area contributed by atoms with Gasteiger partial charge in [0.15, 0.2) is 0 Å².